The molecule has 0 saturated carbocycles. The largest absolute Gasteiger partial charge is 0.378 e. The number of aromatic nitrogens is 5. The number of imidazole rings is 1. The smallest absolute Gasteiger partial charge is 0.222 e. The lowest BCUT2D eigenvalue weighted by Gasteiger charge is -2.30. The van der Waals surface area contributed by atoms with Crippen LogP contribution in [0.25, 0.3) is 21.9 Å². The minimum absolute atomic E-state index is 0.183. The van der Waals surface area contributed by atoms with Gasteiger partial charge in [-0.05, 0) is 44.0 Å². The van der Waals surface area contributed by atoms with Gasteiger partial charge in [0, 0.05) is 30.4 Å². The monoisotopic (exact) mass is 399 g/mol. The summed E-state index contributed by atoms with van der Waals surface area (Å²) in [6.07, 6.45) is 7.22. The molecule has 4 heterocycles. The molecule has 1 fully saturated rings. The number of nitriles is 1. The number of rotatable bonds is 4. The van der Waals surface area contributed by atoms with E-state index in [1.165, 1.54) is 0 Å². The van der Waals surface area contributed by atoms with Crippen LogP contribution in [0.1, 0.15) is 37.2 Å². The van der Waals surface area contributed by atoms with Crippen molar-refractivity contribution in [2.75, 3.05) is 11.9 Å². The molecule has 5 rings (SSSR count). The van der Waals surface area contributed by atoms with Crippen molar-refractivity contribution in [1.29, 1.82) is 5.26 Å². The van der Waals surface area contributed by atoms with E-state index >= 15 is 0 Å². The Labute approximate surface area is 173 Å². The van der Waals surface area contributed by atoms with Crippen molar-refractivity contribution >= 4 is 27.9 Å². The number of nitrogens with one attached hydrogen (secondary N) is 1. The third-order valence-corrected chi connectivity index (χ3v) is 5.51. The lowest BCUT2D eigenvalue weighted by atomic mass is 10.0. The second kappa shape index (κ2) is 7.69. The molecular formula is C22H21N7O. The summed E-state index contributed by atoms with van der Waals surface area (Å²) in [6, 6.07) is 9.88. The van der Waals surface area contributed by atoms with Gasteiger partial charge in [-0.3, -0.25) is 4.98 Å². The highest BCUT2D eigenvalue weighted by Gasteiger charge is 2.26. The SMILES string of the molecule is C[C@@H]1C[C@H](n2c(CNc3ncccn3)nc3cnc4ccc(C#N)cc4c32)CCO1. The average Bonchev–Trinajstić information content (AvgIpc) is 3.17. The van der Waals surface area contributed by atoms with E-state index in [0.29, 0.717) is 24.7 Å². The molecule has 1 saturated heterocycles. The third-order valence-electron chi connectivity index (χ3n) is 5.51. The molecule has 1 N–H and O–H groups in total. The first kappa shape index (κ1) is 18.5. The Bertz CT molecular complexity index is 1250. The molecule has 1 aliphatic heterocycles. The first-order valence-electron chi connectivity index (χ1n) is 10.0. The van der Waals surface area contributed by atoms with Crippen LogP contribution in [-0.4, -0.2) is 37.2 Å². The number of anilines is 1. The molecule has 0 unspecified atom stereocenters. The van der Waals surface area contributed by atoms with E-state index in [9.17, 15) is 5.26 Å². The first-order chi connectivity index (χ1) is 14.7. The van der Waals surface area contributed by atoms with Gasteiger partial charge in [-0.1, -0.05) is 0 Å². The van der Waals surface area contributed by atoms with E-state index < -0.39 is 0 Å². The molecule has 8 heteroatoms. The van der Waals surface area contributed by atoms with Crippen LogP contribution in [0.2, 0.25) is 0 Å². The second-order valence-electron chi connectivity index (χ2n) is 7.52. The summed E-state index contributed by atoms with van der Waals surface area (Å²) in [5, 5.41) is 13.6. The molecule has 0 bridgehead atoms. The zero-order valence-electron chi connectivity index (χ0n) is 16.6. The van der Waals surface area contributed by atoms with Crippen LogP contribution in [0.4, 0.5) is 5.95 Å². The van der Waals surface area contributed by atoms with E-state index in [0.717, 1.165) is 40.6 Å². The molecule has 0 aliphatic carbocycles. The Morgan fingerprint density at radius 2 is 2.10 bits per heavy atom. The van der Waals surface area contributed by atoms with Crippen LogP contribution < -0.4 is 5.32 Å². The molecule has 8 nitrogen and oxygen atoms in total. The zero-order chi connectivity index (χ0) is 20.5. The molecule has 0 spiro atoms. The highest BCUT2D eigenvalue weighted by molar-refractivity contribution is 6.02. The molecular weight excluding hydrogens is 378 g/mol. The predicted octanol–water partition coefficient (Wildman–Crippen LogP) is 3.60. The maximum Gasteiger partial charge on any atom is 0.222 e. The third kappa shape index (κ3) is 3.33. The number of ether oxygens (including phenoxy) is 1. The topological polar surface area (TPSA) is 102 Å². The number of fused-ring (bicyclic) bond motifs is 3. The van der Waals surface area contributed by atoms with Crippen molar-refractivity contribution in [2.24, 2.45) is 0 Å². The quantitative estimate of drug-likeness (QED) is 0.559. The molecule has 3 aromatic heterocycles. The van der Waals surface area contributed by atoms with Crippen LogP contribution in [0, 0.1) is 11.3 Å². The van der Waals surface area contributed by atoms with Gasteiger partial charge in [0.15, 0.2) is 0 Å². The van der Waals surface area contributed by atoms with Crippen LogP contribution in [0.5, 0.6) is 0 Å². The Hall–Kier alpha value is -3.57. The Morgan fingerprint density at radius 1 is 1.23 bits per heavy atom. The van der Waals surface area contributed by atoms with Crippen molar-refractivity contribution in [3.63, 3.8) is 0 Å². The van der Waals surface area contributed by atoms with Crippen LogP contribution >= 0.6 is 0 Å². The summed E-state index contributed by atoms with van der Waals surface area (Å²) >= 11 is 0. The van der Waals surface area contributed by atoms with Crippen molar-refractivity contribution in [3.8, 4) is 6.07 Å². The van der Waals surface area contributed by atoms with E-state index in [2.05, 4.69) is 37.8 Å². The van der Waals surface area contributed by atoms with E-state index in [1.54, 1.807) is 24.5 Å². The van der Waals surface area contributed by atoms with Crippen LogP contribution in [0.15, 0.2) is 42.9 Å². The first-order valence-corrected chi connectivity index (χ1v) is 10.0. The Balaban J connectivity index is 1.67. The normalized spacial score (nSPS) is 19.1. The lowest BCUT2D eigenvalue weighted by molar-refractivity contribution is 0.00629. The summed E-state index contributed by atoms with van der Waals surface area (Å²) in [5.41, 5.74) is 3.31. The Morgan fingerprint density at radius 3 is 2.90 bits per heavy atom. The second-order valence-corrected chi connectivity index (χ2v) is 7.52. The minimum Gasteiger partial charge on any atom is -0.378 e. The minimum atomic E-state index is 0.183. The number of hydrogen-bond acceptors (Lipinski definition) is 7. The highest BCUT2D eigenvalue weighted by Crippen LogP contribution is 2.34. The number of pyridine rings is 1. The lowest BCUT2D eigenvalue weighted by Crippen LogP contribution is -2.27. The van der Waals surface area contributed by atoms with Crippen molar-refractivity contribution < 1.29 is 4.74 Å². The van der Waals surface area contributed by atoms with Gasteiger partial charge in [0.25, 0.3) is 0 Å². The van der Waals surface area contributed by atoms with Gasteiger partial charge < -0.3 is 14.6 Å². The van der Waals surface area contributed by atoms with Crippen molar-refractivity contribution in [1.82, 2.24) is 24.5 Å². The molecule has 4 aromatic rings. The van der Waals surface area contributed by atoms with Gasteiger partial charge >= 0.3 is 0 Å². The summed E-state index contributed by atoms with van der Waals surface area (Å²) < 4.78 is 8.09. The van der Waals surface area contributed by atoms with Gasteiger partial charge in [0.2, 0.25) is 5.95 Å². The number of hydrogen-bond donors (Lipinski definition) is 1. The molecule has 2 atom stereocenters. The zero-order valence-corrected chi connectivity index (χ0v) is 16.6. The maximum absolute atomic E-state index is 9.40. The standard InChI is InChI=1S/C22H21N7O/c1-14-9-16(5-8-30-14)29-20(13-27-22-24-6-2-7-25-22)28-19-12-26-18-4-3-15(11-23)10-17(18)21(19)29/h2-4,6-7,10,12,14,16H,5,8-9,13H2,1H3,(H,24,25,27)/t14-,16-/m1/s1. The van der Waals surface area contributed by atoms with Crippen molar-refractivity contribution in [3.05, 3.63) is 54.2 Å². The van der Waals surface area contributed by atoms with Crippen LogP contribution in [0.3, 0.4) is 0 Å². The van der Waals surface area contributed by atoms with Gasteiger partial charge in [-0.25, -0.2) is 15.0 Å². The van der Waals surface area contributed by atoms with E-state index in [1.807, 2.05) is 18.3 Å². The fourth-order valence-electron chi connectivity index (χ4n) is 4.17. The maximum atomic E-state index is 9.40. The predicted molar refractivity (Wildman–Crippen MR) is 113 cm³/mol. The molecule has 30 heavy (non-hydrogen) atoms. The summed E-state index contributed by atoms with van der Waals surface area (Å²) in [7, 11) is 0. The molecule has 1 aromatic carbocycles. The Kier molecular flexibility index (Phi) is 4.73. The summed E-state index contributed by atoms with van der Waals surface area (Å²) in [6.45, 7) is 3.31. The number of benzene rings is 1. The highest BCUT2D eigenvalue weighted by atomic mass is 16.5. The van der Waals surface area contributed by atoms with E-state index in [-0.39, 0.29) is 12.1 Å². The van der Waals surface area contributed by atoms with E-state index in [4.69, 9.17) is 9.72 Å². The van der Waals surface area contributed by atoms with Crippen molar-refractivity contribution in [2.45, 2.75) is 38.5 Å². The van der Waals surface area contributed by atoms with Gasteiger partial charge in [0.1, 0.15) is 11.3 Å². The van der Waals surface area contributed by atoms with Crippen LogP contribution in [-0.2, 0) is 11.3 Å². The number of nitrogens with zero attached hydrogens (tertiary/aromatic N) is 6. The molecule has 0 radical (unpaired) electrons. The molecule has 0 amide bonds. The average molecular weight is 399 g/mol. The van der Waals surface area contributed by atoms with Gasteiger partial charge in [0.05, 0.1) is 41.5 Å². The van der Waals surface area contributed by atoms with Gasteiger partial charge in [-0.2, -0.15) is 5.26 Å². The molecule has 150 valence electrons. The molecule has 1 aliphatic rings. The summed E-state index contributed by atoms with van der Waals surface area (Å²) in [5.74, 6) is 1.46. The fraction of sp³-hybridized carbons (Fsp3) is 0.318. The van der Waals surface area contributed by atoms with Gasteiger partial charge in [-0.15, -0.1) is 0 Å². The summed E-state index contributed by atoms with van der Waals surface area (Å²) in [4.78, 5) is 17.9. The fourth-order valence-corrected chi connectivity index (χ4v) is 4.17.